The summed E-state index contributed by atoms with van der Waals surface area (Å²) >= 11 is 11.1. The van der Waals surface area contributed by atoms with Crippen molar-refractivity contribution in [3.8, 4) is 17.4 Å². The molecule has 0 aliphatic heterocycles. The predicted octanol–water partition coefficient (Wildman–Crippen LogP) is 7.13. The van der Waals surface area contributed by atoms with Gasteiger partial charge < -0.3 is 4.74 Å². The van der Waals surface area contributed by atoms with Gasteiger partial charge >= 0.3 is 6.01 Å². The van der Waals surface area contributed by atoms with E-state index in [-0.39, 0.29) is 11.6 Å². The molecule has 0 saturated carbocycles. The number of rotatable bonds is 3. The van der Waals surface area contributed by atoms with Gasteiger partial charge in [0, 0.05) is 19.8 Å². The van der Waals surface area contributed by atoms with Crippen LogP contribution in [0.2, 0.25) is 5.02 Å². The van der Waals surface area contributed by atoms with Crippen LogP contribution in [0, 0.1) is 20.8 Å². The highest BCUT2D eigenvalue weighted by molar-refractivity contribution is 9.10. The fourth-order valence-electron chi connectivity index (χ4n) is 3.68. The molecule has 8 heteroatoms. The lowest BCUT2D eigenvalue weighted by Crippen LogP contribution is -2.22. The zero-order valence-electron chi connectivity index (χ0n) is 17.4. The molecule has 0 saturated heterocycles. The average Bonchev–Trinajstić information content (AvgIpc) is 3.04. The highest BCUT2D eigenvalue weighted by Crippen LogP contribution is 2.35. The summed E-state index contributed by atoms with van der Waals surface area (Å²) in [5.41, 5.74) is 2.70. The van der Waals surface area contributed by atoms with Crippen molar-refractivity contribution in [3.63, 3.8) is 0 Å². The molecule has 0 fully saturated rings. The normalized spacial score (nSPS) is 11.4. The van der Waals surface area contributed by atoms with Crippen molar-refractivity contribution in [1.82, 2.24) is 14.5 Å². The predicted molar refractivity (Wildman–Crippen MR) is 134 cm³/mol. The lowest BCUT2D eigenvalue weighted by Gasteiger charge is -2.15. The summed E-state index contributed by atoms with van der Waals surface area (Å²) in [5, 5.41) is 1.96. The third-order valence-corrected chi connectivity index (χ3v) is 7.28. The summed E-state index contributed by atoms with van der Waals surface area (Å²) in [5.74, 6) is 0.572. The van der Waals surface area contributed by atoms with Crippen LogP contribution in [0.25, 0.3) is 26.8 Å². The van der Waals surface area contributed by atoms with E-state index < -0.39 is 0 Å². The second kappa shape index (κ2) is 7.99. The van der Waals surface area contributed by atoms with E-state index in [9.17, 15) is 4.79 Å². The molecule has 0 unspecified atom stereocenters. The van der Waals surface area contributed by atoms with Gasteiger partial charge in [-0.3, -0.25) is 4.79 Å². The minimum absolute atomic E-state index is 0.183. The van der Waals surface area contributed by atoms with E-state index in [4.69, 9.17) is 26.3 Å². The number of ether oxygens (including phenoxy) is 1. The summed E-state index contributed by atoms with van der Waals surface area (Å²) in [7, 11) is 0. The van der Waals surface area contributed by atoms with Crippen molar-refractivity contribution in [1.29, 1.82) is 0 Å². The van der Waals surface area contributed by atoms with Gasteiger partial charge in [0.15, 0.2) is 0 Å². The number of benzene rings is 2. The van der Waals surface area contributed by atoms with Gasteiger partial charge in [-0.15, -0.1) is 11.3 Å². The van der Waals surface area contributed by atoms with E-state index >= 15 is 0 Å². The van der Waals surface area contributed by atoms with E-state index in [1.807, 2.05) is 38.1 Å². The van der Waals surface area contributed by atoms with Crippen molar-refractivity contribution < 1.29 is 4.74 Å². The summed E-state index contributed by atoms with van der Waals surface area (Å²) < 4.78 is 8.55. The fourth-order valence-corrected chi connectivity index (χ4v) is 5.15. The highest BCUT2D eigenvalue weighted by Gasteiger charge is 2.21. The van der Waals surface area contributed by atoms with Crippen LogP contribution in [0.4, 0.5) is 0 Å². The monoisotopic (exact) mass is 525 g/mol. The van der Waals surface area contributed by atoms with Crippen LogP contribution in [0.15, 0.2) is 57.8 Å². The topological polar surface area (TPSA) is 57.0 Å². The van der Waals surface area contributed by atoms with Crippen LogP contribution in [0.5, 0.6) is 11.8 Å². The first-order chi connectivity index (χ1) is 15.3. The Labute approximate surface area is 201 Å². The first kappa shape index (κ1) is 21.1. The van der Waals surface area contributed by atoms with E-state index in [2.05, 4.69) is 22.9 Å². The molecule has 160 valence electrons. The number of pyridine rings is 1. The molecule has 0 spiro atoms. The second-order valence-electron chi connectivity index (χ2n) is 7.45. The zero-order valence-corrected chi connectivity index (χ0v) is 20.6. The molecule has 0 N–H and O–H groups in total. The van der Waals surface area contributed by atoms with Gasteiger partial charge in [-0.05, 0) is 74.9 Å². The van der Waals surface area contributed by atoms with E-state index in [0.717, 1.165) is 25.1 Å². The maximum absolute atomic E-state index is 13.8. The van der Waals surface area contributed by atoms with Gasteiger partial charge in [0.05, 0.1) is 22.3 Å². The number of hydrogen-bond donors (Lipinski definition) is 0. The Kier molecular flexibility index (Phi) is 5.28. The van der Waals surface area contributed by atoms with Gasteiger partial charge in [-0.1, -0.05) is 27.5 Å². The fraction of sp³-hybridized carbons (Fsp3) is 0.125. The molecule has 0 aliphatic carbocycles. The molecule has 5 aromatic rings. The Morgan fingerprint density at radius 3 is 2.34 bits per heavy atom. The van der Waals surface area contributed by atoms with Gasteiger partial charge in [0.1, 0.15) is 10.6 Å². The number of halogens is 2. The Morgan fingerprint density at radius 1 is 0.969 bits per heavy atom. The third kappa shape index (κ3) is 3.50. The highest BCUT2D eigenvalue weighted by atomic mass is 79.9. The van der Waals surface area contributed by atoms with Crippen molar-refractivity contribution in [2.24, 2.45) is 0 Å². The Bertz CT molecular complexity index is 1560. The van der Waals surface area contributed by atoms with E-state index in [1.54, 1.807) is 35.6 Å². The van der Waals surface area contributed by atoms with E-state index in [0.29, 0.717) is 33.1 Å². The molecule has 2 aromatic carbocycles. The largest absolute Gasteiger partial charge is 0.425 e. The number of thiophene rings is 1. The Hall–Kier alpha value is -2.74. The number of aromatic nitrogens is 3. The van der Waals surface area contributed by atoms with Gasteiger partial charge in [0.25, 0.3) is 5.56 Å². The molecule has 5 nitrogen and oxygen atoms in total. The molecule has 3 heterocycles. The molecule has 0 amide bonds. The van der Waals surface area contributed by atoms with Crippen LogP contribution in [-0.4, -0.2) is 14.5 Å². The Morgan fingerprint density at radius 2 is 1.66 bits per heavy atom. The van der Waals surface area contributed by atoms with Crippen LogP contribution in [-0.2, 0) is 0 Å². The summed E-state index contributed by atoms with van der Waals surface area (Å²) in [4.78, 5) is 25.4. The summed E-state index contributed by atoms with van der Waals surface area (Å²) in [6, 6.07) is 14.6. The second-order valence-corrected chi connectivity index (χ2v) is 10.0. The first-order valence-electron chi connectivity index (χ1n) is 9.86. The summed E-state index contributed by atoms with van der Waals surface area (Å²) in [6.45, 7) is 5.93. The molecule has 32 heavy (non-hydrogen) atoms. The van der Waals surface area contributed by atoms with E-state index in [1.165, 1.54) is 4.57 Å². The van der Waals surface area contributed by atoms with Crippen molar-refractivity contribution in [2.45, 2.75) is 20.8 Å². The quantitative estimate of drug-likeness (QED) is 0.251. The smallest absolute Gasteiger partial charge is 0.310 e. The zero-order chi connectivity index (χ0) is 22.6. The average molecular weight is 527 g/mol. The lowest BCUT2D eigenvalue weighted by atomic mass is 10.1. The SMILES string of the molecule is Cc1sc2nc(C)c3c(=O)n(-c4ccc(Cl)cc4)c(Oc4ccc(Br)cc4)nc3c2c1C. The molecule has 0 atom stereocenters. The van der Waals surface area contributed by atoms with Crippen molar-refractivity contribution >= 4 is 60.0 Å². The maximum Gasteiger partial charge on any atom is 0.310 e. The first-order valence-corrected chi connectivity index (χ1v) is 11.8. The Balaban J connectivity index is 1.88. The number of aryl methyl sites for hydroxylation is 3. The van der Waals surface area contributed by atoms with Crippen molar-refractivity contribution in [3.05, 3.63) is 84.5 Å². The number of fused-ring (bicyclic) bond motifs is 3. The number of nitrogens with zero attached hydrogens (tertiary/aromatic N) is 3. The van der Waals surface area contributed by atoms with Gasteiger partial charge in [-0.25, -0.2) is 9.55 Å². The molecule has 0 radical (unpaired) electrons. The molecule has 3 aromatic heterocycles. The molecule has 0 bridgehead atoms. The molecule has 0 aliphatic rings. The minimum atomic E-state index is -0.236. The van der Waals surface area contributed by atoms with Crippen LogP contribution < -0.4 is 10.3 Å². The third-order valence-electron chi connectivity index (χ3n) is 5.39. The molecule has 5 rings (SSSR count). The maximum atomic E-state index is 13.8. The minimum Gasteiger partial charge on any atom is -0.425 e. The van der Waals surface area contributed by atoms with Crippen LogP contribution in [0.1, 0.15) is 16.1 Å². The summed E-state index contributed by atoms with van der Waals surface area (Å²) in [6.07, 6.45) is 0. The van der Waals surface area contributed by atoms with Crippen LogP contribution >= 0.6 is 38.9 Å². The standard InChI is InChI=1S/C24H17BrClN3O2S/c1-12-14(3)32-22-19(12)21-20(13(2)27-22)23(30)29(17-8-6-16(26)7-9-17)24(28-21)31-18-10-4-15(25)5-11-18/h4-11H,1-3H3. The number of hydrogen-bond acceptors (Lipinski definition) is 5. The van der Waals surface area contributed by atoms with Gasteiger partial charge in [0.2, 0.25) is 0 Å². The molecular weight excluding hydrogens is 510 g/mol. The molecular formula is C24H17BrClN3O2S. The van der Waals surface area contributed by atoms with Gasteiger partial charge in [-0.2, -0.15) is 4.98 Å². The van der Waals surface area contributed by atoms with Crippen molar-refractivity contribution in [2.75, 3.05) is 0 Å². The van der Waals surface area contributed by atoms with Crippen LogP contribution in [0.3, 0.4) is 0 Å². The lowest BCUT2D eigenvalue weighted by molar-refractivity contribution is 0.427.